The van der Waals surface area contributed by atoms with Crippen molar-refractivity contribution in [1.29, 1.82) is 0 Å². The van der Waals surface area contributed by atoms with Gasteiger partial charge in [0, 0.05) is 19.8 Å². The van der Waals surface area contributed by atoms with Crippen molar-refractivity contribution in [3.05, 3.63) is 70.4 Å². The van der Waals surface area contributed by atoms with E-state index in [0.29, 0.717) is 10.5 Å². The first kappa shape index (κ1) is 17.2. The summed E-state index contributed by atoms with van der Waals surface area (Å²) in [7, 11) is 3.91. The van der Waals surface area contributed by atoms with Gasteiger partial charge >= 0.3 is 0 Å². The van der Waals surface area contributed by atoms with Gasteiger partial charge in [-0.3, -0.25) is 14.5 Å². The summed E-state index contributed by atoms with van der Waals surface area (Å²) in [5, 5.41) is -0.314. The van der Waals surface area contributed by atoms with Gasteiger partial charge in [-0.2, -0.15) is 0 Å². The van der Waals surface area contributed by atoms with Crippen LogP contribution in [0, 0.1) is 5.82 Å². The lowest BCUT2D eigenvalue weighted by Crippen LogP contribution is -2.27. The molecule has 0 bridgehead atoms. The summed E-state index contributed by atoms with van der Waals surface area (Å²) in [4.78, 5) is 28.2. The van der Waals surface area contributed by atoms with Gasteiger partial charge in [0.15, 0.2) is 0 Å². The van der Waals surface area contributed by atoms with Crippen LogP contribution in [0.25, 0.3) is 6.08 Å². The summed E-state index contributed by atoms with van der Waals surface area (Å²) in [6, 6.07) is 13.5. The fourth-order valence-electron chi connectivity index (χ4n) is 2.43. The van der Waals surface area contributed by atoms with E-state index in [2.05, 4.69) is 0 Å². The quantitative estimate of drug-likeness (QED) is 0.773. The van der Waals surface area contributed by atoms with Crippen molar-refractivity contribution in [1.82, 2.24) is 4.90 Å². The van der Waals surface area contributed by atoms with Crippen LogP contribution >= 0.6 is 11.8 Å². The second-order valence-electron chi connectivity index (χ2n) is 5.88. The SMILES string of the molecule is CN(C)c1ccc(/C=C2/SC(=O)N(Cc3ccc(F)cc3)C2=O)cc1. The van der Waals surface area contributed by atoms with Gasteiger partial charge in [0.05, 0.1) is 11.4 Å². The van der Waals surface area contributed by atoms with E-state index in [9.17, 15) is 14.0 Å². The Morgan fingerprint density at radius 3 is 2.28 bits per heavy atom. The number of amides is 2. The fraction of sp³-hybridized carbons (Fsp3) is 0.158. The van der Waals surface area contributed by atoms with Gasteiger partial charge in [-0.25, -0.2) is 4.39 Å². The number of imide groups is 1. The zero-order chi connectivity index (χ0) is 18.0. The average Bonchev–Trinajstić information content (AvgIpc) is 2.85. The molecule has 6 heteroatoms. The summed E-state index contributed by atoms with van der Waals surface area (Å²) >= 11 is 0.924. The molecule has 1 fully saturated rings. The Hall–Kier alpha value is -2.60. The van der Waals surface area contributed by atoms with Crippen LogP contribution in [-0.2, 0) is 11.3 Å². The maximum absolute atomic E-state index is 13.0. The van der Waals surface area contributed by atoms with Gasteiger partial charge in [-0.15, -0.1) is 0 Å². The number of thioether (sulfide) groups is 1. The lowest BCUT2D eigenvalue weighted by Gasteiger charge is -2.12. The number of carbonyl (C=O) groups is 2. The molecule has 0 unspecified atom stereocenters. The molecule has 1 aliphatic heterocycles. The lowest BCUT2D eigenvalue weighted by atomic mass is 10.1. The van der Waals surface area contributed by atoms with Gasteiger partial charge in [0.1, 0.15) is 5.82 Å². The molecule has 0 aromatic heterocycles. The third-order valence-electron chi connectivity index (χ3n) is 3.83. The molecular weight excluding hydrogens is 339 g/mol. The smallest absolute Gasteiger partial charge is 0.293 e. The number of hydrogen-bond acceptors (Lipinski definition) is 4. The van der Waals surface area contributed by atoms with Gasteiger partial charge in [0.25, 0.3) is 11.1 Å². The maximum Gasteiger partial charge on any atom is 0.293 e. The molecule has 0 atom stereocenters. The number of carbonyl (C=O) groups excluding carboxylic acids is 2. The Morgan fingerprint density at radius 1 is 1.04 bits per heavy atom. The van der Waals surface area contributed by atoms with Crippen LogP contribution in [0.4, 0.5) is 14.9 Å². The van der Waals surface area contributed by atoms with Crippen molar-refractivity contribution in [2.45, 2.75) is 6.54 Å². The molecule has 1 heterocycles. The van der Waals surface area contributed by atoms with Crippen LogP contribution in [0.5, 0.6) is 0 Å². The first-order valence-corrected chi connectivity index (χ1v) is 8.53. The summed E-state index contributed by atoms with van der Waals surface area (Å²) in [5.41, 5.74) is 2.62. The van der Waals surface area contributed by atoms with Crippen molar-refractivity contribution in [2.75, 3.05) is 19.0 Å². The zero-order valence-corrected chi connectivity index (χ0v) is 14.7. The summed E-state index contributed by atoms with van der Waals surface area (Å²) in [5.74, 6) is -0.671. The largest absolute Gasteiger partial charge is 0.378 e. The van der Waals surface area contributed by atoms with E-state index in [1.807, 2.05) is 43.3 Å². The van der Waals surface area contributed by atoms with E-state index in [1.165, 1.54) is 17.0 Å². The van der Waals surface area contributed by atoms with Gasteiger partial charge in [-0.1, -0.05) is 24.3 Å². The molecule has 1 saturated heterocycles. The summed E-state index contributed by atoms with van der Waals surface area (Å²) in [6.07, 6.45) is 1.72. The molecule has 3 rings (SSSR count). The van der Waals surface area contributed by atoms with Gasteiger partial charge in [-0.05, 0) is 53.2 Å². The lowest BCUT2D eigenvalue weighted by molar-refractivity contribution is -0.123. The topological polar surface area (TPSA) is 40.6 Å². The van der Waals surface area contributed by atoms with Crippen LogP contribution in [0.3, 0.4) is 0 Å². The van der Waals surface area contributed by atoms with Crippen molar-refractivity contribution in [3.63, 3.8) is 0 Å². The Labute approximate surface area is 149 Å². The van der Waals surface area contributed by atoms with E-state index in [0.717, 1.165) is 23.0 Å². The van der Waals surface area contributed by atoms with Crippen LogP contribution < -0.4 is 4.90 Å². The molecule has 0 aliphatic carbocycles. The Balaban J connectivity index is 1.77. The summed E-state index contributed by atoms with van der Waals surface area (Å²) < 4.78 is 13.0. The Bertz CT molecular complexity index is 830. The average molecular weight is 356 g/mol. The molecule has 2 aromatic carbocycles. The van der Waals surface area contributed by atoms with Gasteiger partial charge < -0.3 is 4.90 Å². The van der Waals surface area contributed by atoms with E-state index < -0.39 is 0 Å². The Kier molecular flexibility index (Phi) is 4.90. The second-order valence-corrected chi connectivity index (χ2v) is 6.87. The first-order chi connectivity index (χ1) is 11.9. The molecule has 0 N–H and O–H groups in total. The van der Waals surface area contributed by atoms with E-state index in [4.69, 9.17) is 0 Å². The predicted molar refractivity (Wildman–Crippen MR) is 98.7 cm³/mol. The van der Waals surface area contributed by atoms with E-state index in [1.54, 1.807) is 18.2 Å². The third-order valence-corrected chi connectivity index (χ3v) is 4.74. The number of benzene rings is 2. The molecule has 4 nitrogen and oxygen atoms in total. The second kappa shape index (κ2) is 7.11. The highest BCUT2D eigenvalue weighted by Gasteiger charge is 2.34. The number of hydrogen-bond donors (Lipinski definition) is 0. The molecular formula is C19H17FN2O2S. The van der Waals surface area contributed by atoms with Crippen molar-refractivity contribution in [2.24, 2.45) is 0 Å². The summed E-state index contributed by atoms with van der Waals surface area (Å²) in [6.45, 7) is 0.141. The fourth-order valence-corrected chi connectivity index (χ4v) is 3.27. The van der Waals surface area contributed by atoms with E-state index >= 15 is 0 Å². The molecule has 2 aromatic rings. The van der Waals surface area contributed by atoms with Crippen molar-refractivity contribution in [3.8, 4) is 0 Å². The molecule has 128 valence electrons. The number of anilines is 1. The van der Waals surface area contributed by atoms with Crippen LogP contribution in [0.2, 0.25) is 0 Å². The highest BCUT2D eigenvalue weighted by atomic mass is 32.2. The minimum absolute atomic E-state index is 0.141. The standard InChI is InChI=1S/C19H17FN2O2S/c1-21(2)16-9-5-13(6-10-16)11-17-18(23)22(19(24)25-17)12-14-3-7-15(20)8-4-14/h3-11H,12H2,1-2H3/b17-11+. The maximum atomic E-state index is 13.0. The molecule has 25 heavy (non-hydrogen) atoms. The monoisotopic (exact) mass is 356 g/mol. The van der Waals surface area contributed by atoms with Crippen LogP contribution in [-0.4, -0.2) is 30.1 Å². The molecule has 2 amide bonds. The predicted octanol–water partition coefficient (Wildman–Crippen LogP) is 4.13. The minimum atomic E-state index is -0.348. The third kappa shape index (κ3) is 3.91. The molecule has 0 saturated carbocycles. The first-order valence-electron chi connectivity index (χ1n) is 7.71. The normalized spacial score (nSPS) is 16.0. The highest BCUT2D eigenvalue weighted by Crippen LogP contribution is 2.33. The van der Waals surface area contributed by atoms with E-state index in [-0.39, 0.29) is 23.5 Å². The minimum Gasteiger partial charge on any atom is -0.378 e. The van der Waals surface area contributed by atoms with Crippen molar-refractivity contribution < 1.29 is 14.0 Å². The number of halogens is 1. The molecule has 0 radical (unpaired) electrons. The number of rotatable bonds is 4. The van der Waals surface area contributed by atoms with Crippen LogP contribution in [0.1, 0.15) is 11.1 Å². The zero-order valence-electron chi connectivity index (χ0n) is 13.9. The van der Waals surface area contributed by atoms with Crippen molar-refractivity contribution >= 4 is 34.7 Å². The molecule has 0 spiro atoms. The molecule has 1 aliphatic rings. The van der Waals surface area contributed by atoms with Gasteiger partial charge in [0.2, 0.25) is 0 Å². The highest BCUT2D eigenvalue weighted by molar-refractivity contribution is 8.18. The van der Waals surface area contributed by atoms with Crippen LogP contribution in [0.15, 0.2) is 53.4 Å². The number of nitrogens with zero attached hydrogens (tertiary/aromatic N) is 2. The Morgan fingerprint density at radius 2 is 1.68 bits per heavy atom.